The fraction of sp³-hybridized carbons (Fsp3) is 0.250. The van der Waals surface area contributed by atoms with Gasteiger partial charge in [-0.2, -0.15) is 0 Å². The van der Waals surface area contributed by atoms with Crippen molar-refractivity contribution < 1.29 is 4.74 Å². The van der Waals surface area contributed by atoms with Crippen molar-refractivity contribution in [3.63, 3.8) is 0 Å². The third-order valence-corrected chi connectivity index (χ3v) is 4.61. The van der Waals surface area contributed by atoms with Crippen LogP contribution in [0.5, 0.6) is 5.75 Å². The third kappa shape index (κ3) is 2.66. The van der Waals surface area contributed by atoms with Crippen molar-refractivity contribution in [2.75, 3.05) is 25.6 Å². The topological polar surface area (TPSA) is 65.1 Å². The first-order valence-electron chi connectivity index (χ1n) is 8.54. The lowest BCUT2D eigenvalue weighted by molar-refractivity contribution is 0.415. The first-order valence-corrected chi connectivity index (χ1v) is 8.54. The van der Waals surface area contributed by atoms with Crippen molar-refractivity contribution in [1.82, 2.24) is 9.66 Å². The molecule has 0 saturated heterocycles. The molecule has 0 unspecified atom stereocenters. The summed E-state index contributed by atoms with van der Waals surface area (Å²) in [6.45, 7) is 3.62. The van der Waals surface area contributed by atoms with E-state index in [1.165, 1.54) is 10.8 Å². The second-order valence-corrected chi connectivity index (χ2v) is 6.32. The number of nitrogens with one attached hydrogen (secondary N) is 1. The molecule has 128 valence electrons. The minimum Gasteiger partial charge on any atom is -0.497 e. The van der Waals surface area contributed by atoms with Crippen molar-refractivity contribution in [3.05, 3.63) is 48.3 Å². The molecule has 0 bridgehead atoms. The second kappa shape index (κ2) is 6.26. The molecule has 0 amide bonds. The lowest BCUT2D eigenvalue weighted by Crippen LogP contribution is -2.19. The zero-order valence-electron chi connectivity index (χ0n) is 14.5. The number of aryl methyl sites for hydroxylation is 1. The van der Waals surface area contributed by atoms with E-state index < -0.39 is 0 Å². The van der Waals surface area contributed by atoms with Gasteiger partial charge < -0.3 is 15.9 Å². The van der Waals surface area contributed by atoms with E-state index in [2.05, 4.69) is 49.0 Å². The van der Waals surface area contributed by atoms with Crippen LogP contribution in [0.15, 0.2) is 42.7 Å². The number of fused-ring (bicyclic) bond motifs is 5. The smallest absolute Gasteiger partial charge is 0.119 e. The molecule has 0 aromatic heterocycles. The van der Waals surface area contributed by atoms with Gasteiger partial charge in [-0.3, -0.25) is 4.68 Å². The maximum Gasteiger partial charge on any atom is 0.119 e. The Kier molecular flexibility index (Phi) is 3.93. The van der Waals surface area contributed by atoms with Crippen LogP contribution in [0, 0.1) is 6.92 Å². The lowest BCUT2D eigenvalue weighted by Gasteiger charge is -2.14. The van der Waals surface area contributed by atoms with Crippen LogP contribution in [-0.4, -0.2) is 29.9 Å². The van der Waals surface area contributed by atoms with E-state index in [4.69, 9.17) is 15.5 Å². The van der Waals surface area contributed by atoms with Gasteiger partial charge >= 0.3 is 0 Å². The molecule has 0 aliphatic carbocycles. The quantitative estimate of drug-likeness (QED) is 0.548. The molecule has 5 heteroatoms. The maximum atomic E-state index is 5.59. The van der Waals surface area contributed by atoms with Gasteiger partial charge in [0, 0.05) is 29.9 Å². The molecule has 25 heavy (non-hydrogen) atoms. The molecule has 2 aromatic carbocycles. The Labute approximate surface area is 146 Å². The van der Waals surface area contributed by atoms with Crippen molar-refractivity contribution in [2.24, 2.45) is 5.73 Å². The minimum absolute atomic E-state index is 0.683. The summed E-state index contributed by atoms with van der Waals surface area (Å²) < 4.78 is 7.38. The molecular formula is C20H22N4O. The highest BCUT2D eigenvalue weighted by Crippen LogP contribution is 2.38. The Morgan fingerprint density at radius 1 is 1.20 bits per heavy atom. The highest BCUT2D eigenvalue weighted by molar-refractivity contribution is 6.14. The number of hydrogen-bond acceptors (Lipinski definition) is 4. The van der Waals surface area contributed by atoms with Gasteiger partial charge in [-0.05, 0) is 60.5 Å². The molecule has 0 atom stereocenters. The SMILES string of the molecule is COc1ccc2c(ccc3nc4c(C)cn(NCCCN)cc-4c32)c1. The van der Waals surface area contributed by atoms with Gasteiger partial charge in [0.2, 0.25) is 0 Å². The Hall–Kier alpha value is -2.79. The van der Waals surface area contributed by atoms with E-state index in [1.54, 1.807) is 7.11 Å². The molecule has 2 aliphatic heterocycles. The van der Waals surface area contributed by atoms with Crippen LogP contribution in [0.2, 0.25) is 0 Å². The maximum absolute atomic E-state index is 5.59. The van der Waals surface area contributed by atoms with E-state index >= 15 is 0 Å². The fourth-order valence-electron chi connectivity index (χ4n) is 3.37. The van der Waals surface area contributed by atoms with Crippen molar-refractivity contribution in [3.8, 4) is 17.0 Å². The molecule has 0 saturated carbocycles. The average molecular weight is 334 g/mol. The second-order valence-electron chi connectivity index (χ2n) is 6.32. The number of aromatic nitrogens is 2. The summed E-state index contributed by atoms with van der Waals surface area (Å²) >= 11 is 0. The first kappa shape index (κ1) is 15.7. The van der Waals surface area contributed by atoms with E-state index in [9.17, 15) is 0 Å². The zero-order chi connectivity index (χ0) is 17.4. The van der Waals surface area contributed by atoms with Crippen LogP contribution in [0.3, 0.4) is 0 Å². The van der Waals surface area contributed by atoms with E-state index in [-0.39, 0.29) is 0 Å². The zero-order valence-corrected chi connectivity index (χ0v) is 14.5. The summed E-state index contributed by atoms with van der Waals surface area (Å²) in [6, 6.07) is 10.4. The largest absolute Gasteiger partial charge is 0.497 e. The van der Waals surface area contributed by atoms with Gasteiger partial charge in [-0.1, -0.05) is 6.07 Å². The van der Waals surface area contributed by atoms with Gasteiger partial charge in [0.05, 0.1) is 18.3 Å². The third-order valence-electron chi connectivity index (χ3n) is 4.61. The summed E-state index contributed by atoms with van der Waals surface area (Å²) in [6.07, 6.45) is 5.14. The number of ether oxygens (including phenoxy) is 1. The number of pyridine rings is 1. The molecule has 2 aromatic rings. The number of nitrogens with two attached hydrogens (primary N) is 1. The Bertz CT molecular complexity index is 1020. The van der Waals surface area contributed by atoms with Crippen LogP contribution >= 0.6 is 0 Å². The molecule has 3 N–H and O–H groups in total. The Morgan fingerprint density at radius 3 is 2.88 bits per heavy atom. The van der Waals surface area contributed by atoms with Gasteiger partial charge in [0.1, 0.15) is 5.75 Å². The number of benzene rings is 2. The molecule has 4 rings (SSSR count). The van der Waals surface area contributed by atoms with Gasteiger partial charge in [-0.25, -0.2) is 4.98 Å². The number of rotatable bonds is 5. The summed E-state index contributed by atoms with van der Waals surface area (Å²) in [5, 5.41) is 3.54. The molecule has 0 radical (unpaired) electrons. The Balaban J connectivity index is 1.93. The molecule has 5 nitrogen and oxygen atoms in total. The summed E-state index contributed by atoms with van der Waals surface area (Å²) in [4.78, 5) is 4.85. The van der Waals surface area contributed by atoms with E-state index in [0.29, 0.717) is 6.54 Å². The molecule has 0 fully saturated rings. The van der Waals surface area contributed by atoms with Crippen LogP contribution in [0.1, 0.15) is 12.0 Å². The van der Waals surface area contributed by atoms with Gasteiger partial charge in [-0.15, -0.1) is 0 Å². The highest BCUT2D eigenvalue weighted by Gasteiger charge is 2.17. The van der Waals surface area contributed by atoms with Crippen molar-refractivity contribution >= 4 is 21.7 Å². The van der Waals surface area contributed by atoms with Crippen LogP contribution in [-0.2, 0) is 0 Å². The number of hydrogen-bond donors (Lipinski definition) is 2. The van der Waals surface area contributed by atoms with Crippen LogP contribution in [0.4, 0.5) is 0 Å². The summed E-state index contributed by atoms with van der Waals surface area (Å²) in [7, 11) is 1.69. The predicted molar refractivity (Wildman–Crippen MR) is 103 cm³/mol. The van der Waals surface area contributed by atoms with Crippen LogP contribution in [0.25, 0.3) is 32.9 Å². The lowest BCUT2D eigenvalue weighted by atomic mass is 10.0. The number of nitrogens with zero attached hydrogens (tertiary/aromatic N) is 2. The fourth-order valence-corrected chi connectivity index (χ4v) is 3.37. The predicted octanol–water partition coefficient (Wildman–Crippen LogP) is 3.50. The molecule has 2 aliphatic rings. The molecule has 2 heterocycles. The minimum atomic E-state index is 0.683. The summed E-state index contributed by atoms with van der Waals surface area (Å²) in [5.74, 6) is 0.866. The average Bonchev–Trinajstić information content (AvgIpc) is 3.01. The molecular weight excluding hydrogens is 312 g/mol. The first-order chi connectivity index (χ1) is 12.2. The van der Waals surface area contributed by atoms with E-state index in [1.807, 2.05) is 10.7 Å². The van der Waals surface area contributed by atoms with Crippen molar-refractivity contribution in [2.45, 2.75) is 13.3 Å². The van der Waals surface area contributed by atoms with Gasteiger partial charge in [0.25, 0.3) is 0 Å². The van der Waals surface area contributed by atoms with Gasteiger partial charge in [0.15, 0.2) is 0 Å². The normalized spacial score (nSPS) is 11.5. The standard InChI is InChI=1S/C20H22N4O/c1-13-11-24(22-9-3-8-21)12-17-19-16-6-5-15(25-2)10-14(16)4-7-18(19)23-20(13)17/h4-7,10-12,22H,3,8-9,21H2,1-2H3. The molecule has 0 spiro atoms. The highest BCUT2D eigenvalue weighted by atomic mass is 16.5. The monoisotopic (exact) mass is 334 g/mol. The number of methoxy groups -OCH3 is 1. The van der Waals surface area contributed by atoms with Crippen LogP contribution < -0.4 is 15.9 Å². The van der Waals surface area contributed by atoms with Crippen molar-refractivity contribution in [1.29, 1.82) is 0 Å². The Morgan fingerprint density at radius 2 is 2.08 bits per heavy atom. The van der Waals surface area contributed by atoms with E-state index in [0.717, 1.165) is 46.4 Å². The summed E-state index contributed by atoms with van der Waals surface area (Å²) in [5.41, 5.74) is 13.4.